The van der Waals surface area contributed by atoms with Gasteiger partial charge in [0.25, 0.3) is 0 Å². The predicted molar refractivity (Wildman–Crippen MR) is 79.8 cm³/mol. The predicted octanol–water partition coefficient (Wildman–Crippen LogP) is 3.93. The molecule has 1 aliphatic rings. The Balaban J connectivity index is 2.50. The van der Waals surface area contributed by atoms with Gasteiger partial charge in [-0.05, 0) is 46.5 Å². The third kappa shape index (κ3) is 7.51. The quantitative estimate of drug-likeness (QED) is 0.676. The van der Waals surface area contributed by atoms with Crippen molar-refractivity contribution < 1.29 is 14.3 Å². The SMILES string of the molecule is CC(C)(C)OC(=O)N1CCCCCCC(=O)CCCC1. The van der Waals surface area contributed by atoms with Crippen molar-refractivity contribution in [3.05, 3.63) is 0 Å². The first kappa shape index (κ1) is 17.0. The highest BCUT2D eigenvalue weighted by Gasteiger charge is 2.21. The van der Waals surface area contributed by atoms with Crippen LogP contribution in [0.2, 0.25) is 0 Å². The van der Waals surface area contributed by atoms with Crippen molar-refractivity contribution in [2.45, 2.75) is 77.7 Å². The Morgan fingerprint density at radius 3 is 2.05 bits per heavy atom. The zero-order valence-electron chi connectivity index (χ0n) is 13.2. The number of carbonyl (C=O) groups excluding carboxylic acids is 2. The summed E-state index contributed by atoms with van der Waals surface area (Å²) in [6.45, 7) is 7.13. The van der Waals surface area contributed by atoms with Gasteiger partial charge in [0.15, 0.2) is 0 Å². The molecule has 0 spiro atoms. The Kier molecular flexibility index (Phi) is 7.03. The molecular weight excluding hydrogens is 254 g/mol. The second kappa shape index (κ2) is 8.28. The molecule has 0 aliphatic carbocycles. The van der Waals surface area contributed by atoms with E-state index in [4.69, 9.17) is 4.74 Å². The van der Waals surface area contributed by atoms with E-state index < -0.39 is 5.60 Å². The van der Waals surface area contributed by atoms with E-state index >= 15 is 0 Å². The summed E-state index contributed by atoms with van der Waals surface area (Å²) in [6.07, 6.45) is 7.06. The van der Waals surface area contributed by atoms with Crippen molar-refractivity contribution in [1.82, 2.24) is 4.90 Å². The lowest BCUT2D eigenvalue weighted by Crippen LogP contribution is -2.38. The zero-order valence-corrected chi connectivity index (χ0v) is 13.2. The van der Waals surface area contributed by atoms with Crippen molar-refractivity contribution in [2.24, 2.45) is 0 Å². The second-order valence-electron chi connectivity index (χ2n) is 6.63. The van der Waals surface area contributed by atoms with Crippen LogP contribution < -0.4 is 0 Å². The van der Waals surface area contributed by atoms with Gasteiger partial charge in [-0.3, -0.25) is 4.79 Å². The van der Waals surface area contributed by atoms with Crippen LogP contribution in [0.15, 0.2) is 0 Å². The molecule has 1 rings (SSSR count). The van der Waals surface area contributed by atoms with Crippen LogP contribution in [-0.2, 0) is 9.53 Å². The van der Waals surface area contributed by atoms with Gasteiger partial charge < -0.3 is 9.64 Å². The van der Waals surface area contributed by atoms with Crippen molar-refractivity contribution in [3.63, 3.8) is 0 Å². The van der Waals surface area contributed by atoms with E-state index in [9.17, 15) is 9.59 Å². The minimum atomic E-state index is -0.448. The Bertz CT molecular complexity index is 320. The van der Waals surface area contributed by atoms with Crippen molar-refractivity contribution in [1.29, 1.82) is 0 Å². The van der Waals surface area contributed by atoms with Gasteiger partial charge in [0.05, 0.1) is 0 Å². The van der Waals surface area contributed by atoms with Crippen LogP contribution in [0.3, 0.4) is 0 Å². The van der Waals surface area contributed by atoms with E-state index in [1.54, 1.807) is 4.90 Å². The molecule has 0 saturated carbocycles. The molecule has 4 nitrogen and oxygen atoms in total. The highest BCUT2D eigenvalue weighted by molar-refractivity contribution is 5.78. The summed E-state index contributed by atoms with van der Waals surface area (Å²) in [5.74, 6) is 0.370. The van der Waals surface area contributed by atoms with Crippen LogP contribution in [-0.4, -0.2) is 35.5 Å². The minimum Gasteiger partial charge on any atom is -0.444 e. The topological polar surface area (TPSA) is 46.6 Å². The van der Waals surface area contributed by atoms with Crippen molar-refractivity contribution in [2.75, 3.05) is 13.1 Å². The molecule has 1 fully saturated rings. The van der Waals surface area contributed by atoms with Crippen LogP contribution in [0.4, 0.5) is 4.79 Å². The molecule has 0 aromatic carbocycles. The Morgan fingerprint density at radius 1 is 0.950 bits per heavy atom. The van der Waals surface area contributed by atoms with Gasteiger partial charge in [-0.2, -0.15) is 0 Å². The zero-order chi connectivity index (χ0) is 15.0. The van der Waals surface area contributed by atoms with Crippen molar-refractivity contribution >= 4 is 11.9 Å². The van der Waals surface area contributed by atoms with Gasteiger partial charge in [-0.1, -0.05) is 12.8 Å². The molecular formula is C16H29NO3. The van der Waals surface area contributed by atoms with Gasteiger partial charge in [0.1, 0.15) is 11.4 Å². The Morgan fingerprint density at radius 2 is 1.45 bits per heavy atom. The monoisotopic (exact) mass is 283 g/mol. The minimum absolute atomic E-state index is 0.221. The highest BCUT2D eigenvalue weighted by atomic mass is 16.6. The molecule has 0 bridgehead atoms. The number of ether oxygens (including phenoxy) is 1. The van der Waals surface area contributed by atoms with E-state index in [-0.39, 0.29) is 6.09 Å². The van der Waals surface area contributed by atoms with Gasteiger partial charge >= 0.3 is 6.09 Å². The highest BCUT2D eigenvalue weighted by Crippen LogP contribution is 2.14. The second-order valence-corrected chi connectivity index (χ2v) is 6.63. The van der Waals surface area contributed by atoms with Gasteiger partial charge in [0.2, 0.25) is 0 Å². The fraction of sp³-hybridized carbons (Fsp3) is 0.875. The first-order chi connectivity index (χ1) is 9.38. The maximum Gasteiger partial charge on any atom is 0.410 e. The van der Waals surface area contributed by atoms with Crippen molar-refractivity contribution in [3.8, 4) is 0 Å². The van der Waals surface area contributed by atoms with Crippen LogP contribution in [0.1, 0.15) is 72.1 Å². The fourth-order valence-corrected chi connectivity index (χ4v) is 2.35. The number of nitrogens with zero attached hydrogens (tertiary/aromatic N) is 1. The summed E-state index contributed by atoms with van der Waals surface area (Å²) >= 11 is 0. The molecule has 0 aromatic heterocycles. The normalized spacial score (nSPS) is 19.9. The average Bonchev–Trinajstić information content (AvgIpc) is 2.31. The molecule has 0 atom stereocenters. The van der Waals surface area contributed by atoms with Crippen LogP contribution in [0.5, 0.6) is 0 Å². The molecule has 116 valence electrons. The number of hydrogen-bond acceptors (Lipinski definition) is 3. The Hall–Kier alpha value is -1.06. The molecule has 0 radical (unpaired) electrons. The molecule has 1 heterocycles. The lowest BCUT2D eigenvalue weighted by molar-refractivity contribution is -0.119. The fourth-order valence-electron chi connectivity index (χ4n) is 2.35. The first-order valence-corrected chi connectivity index (χ1v) is 7.88. The number of rotatable bonds is 0. The number of Topliss-reactive ketones (excluding diaryl/α,β-unsaturated/α-hetero) is 1. The van der Waals surface area contributed by atoms with Crippen LogP contribution in [0, 0.1) is 0 Å². The molecule has 0 N–H and O–H groups in total. The summed E-state index contributed by atoms with van der Waals surface area (Å²) in [4.78, 5) is 25.5. The standard InChI is InChI=1S/C16H29NO3/c1-16(2,3)20-15(19)17-12-8-5-4-6-10-14(18)11-7-9-13-17/h4-13H2,1-3H3. The van der Waals surface area contributed by atoms with E-state index in [0.29, 0.717) is 18.7 Å². The summed E-state index contributed by atoms with van der Waals surface area (Å²) in [7, 11) is 0. The van der Waals surface area contributed by atoms with E-state index in [1.807, 2.05) is 20.8 Å². The molecule has 4 heteroatoms. The molecule has 1 saturated heterocycles. The van der Waals surface area contributed by atoms with Gasteiger partial charge in [-0.15, -0.1) is 0 Å². The summed E-state index contributed by atoms with van der Waals surface area (Å²) in [5, 5.41) is 0. The van der Waals surface area contributed by atoms with Gasteiger partial charge in [-0.25, -0.2) is 4.79 Å². The van der Waals surface area contributed by atoms with E-state index in [2.05, 4.69) is 0 Å². The molecule has 0 aromatic rings. The average molecular weight is 283 g/mol. The number of ketones is 1. The third-order valence-corrected chi connectivity index (χ3v) is 3.42. The molecule has 1 aliphatic heterocycles. The maximum absolute atomic E-state index is 12.1. The van der Waals surface area contributed by atoms with Crippen LogP contribution >= 0.6 is 0 Å². The van der Waals surface area contributed by atoms with Crippen LogP contribution in [0.25, 0.3) is 0 Å². The van der Waals surface area contributed by atoms with E-state index in [1.165, 1.54) is 0 Å². The molecule has 0 unspecified atom stereocenters. The summed E-state index contributed by atoms with van der Waals surface area (Å²) in [5.41, 5.74) is -0.448. The molecule has 20 heavy (non-hydrogen) atoms. The number of carbonyl (C=O) groups is 2. The molecule has 1 amide bonds. The summed E-state index contributed by atoms with van der Waals surface area (Å²) in [6, 6.07) is 0. The lowest BCUT2D eigenvalue weighted by Gasteiger charge is -2.27. The largest absolute Gasteiger partial charge is 0.444 e. The maximum atomic E-state index is 12.1. The number of hydrogen-bond donors (Lipinski definition) is 0. The van der Waals surface area contributed by atoms with Gasteiger partial charge in [0, 0.05) is 25.9 Å². The smallest absolute Gasteiger partial charge is 0.410 e. The number of amides is 1. The van der Waals surface area contributed by atoms with E-state index in [0.717, 1.165) is 51.5 Å². The third-order valence-electron chi connectivity index (χ3n) is 3.42. The summed E-state index contributed by atoms with van der Waals surface area (Å²) < 4.78 is 5.44. The first-order valence-electron chi connectivity index (χ1n) is 7.88. The Labute approximate surface area is 122 Å². The lowest BCUT2D eigenvalue weighted by atomic mass is 10.0.